The Bertz CT molecular complexity index is 479. The molecule has 19 heavy (non-hydrogen) atoms. The minimum atomic E-state index is -0.818. The second-order valence-electron chi connectivity index (χ2n) is 3.76. The number of nitrogens with two attached hydrogens (primary N) is 1. The van der Waals surface area contributed by atoms with E-state index in [9.17, 15) is 9.59 Å². The summed E-state index contributed by atoms with van der Waals surface area (Å²) >= 11 is 3.34. The Morgan fingerprint density at radius 2 is 2.16 bits per heavy atom. The van der Waals surface area contributed by atoms with Gasteiger partial charge in [0.25, 0.3) is 5.91 Å². The molecule has 0 aromatic heterocycles. The van der Waals surface area contributed by atoms with Crippen molar-refractivity contribution >= 4 is 27.9 Å². The third-order valence-electron chi connectivity index (χ3n) is 2.40. The molecule has 1 aromatic rings. The van der Waals surface area contributed by atoms with E-state index in [4.69, 9.17) is 10.5 Å². The highest BCUT2D eigenvalue weighted by Crippen LogP contribution is 2.29. The van der Waals surface area contributed by atoms with E-state index in [1.165, 1.54) is 7.05 Å². The van der Waals surface area contributed by atoms with Crippen molar-refractivity contribution in [3.05, 3.63) is 28.2 Å². The van der Waals surface area contributed by atoms with Gasteiger partial charge in [-0.15, -0.1) is 0 Å². The average molecular weight is 330 g/mol. The van der Waals surface area contributed by atoms with Crippen LogP contribution in [0.5, 0.6) is 5.75 Å². The van der Waals surface area contributed by atoms with Gasteiger partial charge in [-0.1, -0.05) is 12.1 Å². The van der Waals surface area contributed by atoms with Crippen molar-refractivity contribution in [2.75, 3.05) is 7.05 Å². The zero-order chi connectivity index (χ0) is 14.4. The maximum absolute atomic E-state index is 11.7. The van der Waals surface area contributed by atoms with Crippen molar-refractivity contribution < 1.29 is 14.3 Å². The predicted octanol–water partition coefficient (Wildman–Crippen LogP) is 1.13. The molecule has 1 aromatic carbocycles. The van der Waals surface area contributed by atoms with Gasteiger partial charge in [-0.05, 0) is 28.9 Å². The smallest absolute Gasteiger partial charge is 0.321 e. The summed E-state index contributed by atoms with van der Waals surface area (Å²) < 4.78 is 6.26. The van der Waals surface area contributed by atoms with E-state index in [0.29, 0.717) is 16.8 Å². The molecule has 0 spiro atoms. The third kappa shape index (κ3) is 4.22. The highest BCUT2D eigenvalue weighted by molar-refractivity contribution is 9.10. The number of para-hydroxylation sites is 1. The lowest BCUT2D eigenvalue weighted by molar-refractivity contribution is -0.126. The maximum Gasteiger partial charge on any atom is 0.321 e. The third-order valence-corrected chi connectivity index (χ3v) is 3.02. The predicted molar refractivity (Wildman–Crippen MR) is 74.7 cm³/mol. The molecule has 0 fully saturated rings. The molecule has 0 saturated carbocycles. The number of hydrogen-bond donors (Lipinski definition) is 3. The van der Waals surface area contributed by atoms with Gasteiger partial charge in [0, 0.05) is 19.2 Å². The van der Waals surface area contributed by atoms with Gasteiger partial charge in [-0.3, -0.25) is 10.1 Å². The van der Waals surface area contributed by atoms with E-state index in [-0.39, 0.29) is 0 Å². The van der Waals surface area contributed by atoms with E-state index in [0.717, 1.165) is 5.56 Å². The van der Waals surface area contributed by atoms with Crippen LogP contribution in [-0.2, 0) is 11.3 Å². The standard InChI is InChI=1S/C12H16BrN3O3/c1-7(11(17)16-12(18)15-2)19-10-8(6-14)4-3-5-9(10)13/h3-5,7H,6,14H2,1-2H3,(H2,15,16,17,18). The molecule has 0 bridgehead atoms. The lowest BCUT2D eigenvalue weighted by Gasteiger charge is -2.17. The van der Waals surface area contributed by atoms with Gasteiger partial charge in [0.1, 0.15) is 5.75 Å². The van der Waals surface area contributed by atoms with Gasteiger partial charge >= 0.3 is 6.03 Å². The molecular formula is C12H16BrN3O3. The van der Waals surface area contributed by atoms with Gasteiger partial charge in [0.15, 0.2) is 6.10 Å². The second kappa shape index (κ2) is 7.10. The van der Waals surface area contributed by atoms with Crippen LogP contribution in [0.2, 0.25) is 0 Å². The van der Waals surface area contributed by atoms with Crippen molar-refractivity contribution in [3.63, 3.8) is 0 Å². The Balaban J connectivity index is 2.79. The topological polar surface area (TPSA) is 93.5 Å². The summed E-state index contributed by atoms with van der Waals surface area (Å²) in [7, 11) is 1.43. The Morgan fingerprint density at radius 1 is 1.47 bits per heavy atom. The zero-order valence-corrected chi connectivity index (χ0v) is 12.3. The van der Waals surface area contributed by atoms with Gasteiger partial charge in [-0.2, -0.15) is 0 Å². The molecule has 4 N–H and O–H groups in total. The Hall–Kier alpha value is -1.60. The number of hydrogen-bond acceptors (Lipinski definition) is 4. The first-order valence-electron chi connectivity index (χ1n) is 5.66. The molecule has 1 atom stereocenters. The molecule has 0 aliphatic carbocycles. The number of rotatable bonds is 4. The van der Waals surface area contributed by atoms with Crippen LogP contribution >= 0.6 is 15.9 Å². The first-order chi connectivity index (χ1) is 8.99. The largest absolute Gasteiger partial charge is 0.479 e. The van der Waals surface area contributed by atoms with Crippen molar-refractivity contribution in [1.29, 1.82) is 0 Å². The van der Waals surface area contributed by atoms with Crippen LogP contribution in [0, 0.1) is 0 Å². The van der Waals surface area contributed by atoms with E-state index in [1.807, 2.05) is 12.1 Å². The van der Waals surface area contributed by atoms with Crippen LogP contribution in [0.1, 0.15) is 12.5 Å². The molecule has 0 radical (unpaired) electrons. The average Bonchev–Trinajstić information content (AvgIpc) is 2.40. The van der Waals surface area contributed by atoms with Crippen molar-refractivity contribution in [2.24, 2.45) is 5.73 Å². The lowest BCUT2D eigenvalue weighted by atomic mass is 10.2. The Kier molecular flexibility index (Phi) is 5.78. The van der Waals surface area contributed by atoms with E-state index in [2.05, 4.69) is 26.6 Å². The zero-order valence-electron chi connectivity index (χ0n) is 10.7. The molecule has 0 heterocycles. The van der Waals surface area contributed by atoms with E-state index < -0.39 is 18.0 Å². The first-order valence-corrected chi connectivity index (χ1v) is 6.45. The van der Waals surface area contributed by atoms with Gasteiger partial charge in [0.2, 0.25) is 0 Å². The maximum atomic E-state index is 11.7. The lowest BCUT2D eigenvalue weighted by Crippen LogP contribution is -2.44. The van der Waals surface area contributed by atoms with Crippen molar-refractivity contribution in [1.82, 2.24) is 10.6 Å². The fourth-order valence-corrected chi connectivity index (χ4v) is 1.85. The number of imide groups is 1. The Morgan fingerprint density at radius 3 is 2.74 bits per heavy atom. The van der Waals surface area contributed by atoms with E-state index >= 15 is 0 Å². The fourth-order valence-electron chi connectivity index (χ4n) is 1.35. The minimum absolute atomic E-state index is 0.290. The summed E-state index contributed by atoms with van der Waals surface area (Å²) in [6, 6.07) is 4.85. The van der Waals surface area contributed by atoms with Crippen molar-refractivity contribution in [3.8, 4) is 5.75 Å². The number of nitrogens with one attached hydrogen (secondary N) is 2. The summed E-state index contributed by atoms with van der Waals surface area (Å²) in [5.74, 6) is -0.0253. The highest BCUT2D eigenvalue weighted by atomic mass is 79.9. The van der Waals surface area contributed by atoms with E-state index in [1.54, 1.807) is 13.0 Å². The molecule has 1 rings (SSSR count). The number of benzene rings is 1. The van der Waals surface area contributed by atoms with Crippen LogP contribution in [0.15, 0.2) is 22.7 Å². The molecule has 3 amide bonds. The SMILES string of the molecule is CNC(=O)NC(=O)C(C)Oc1c(Br)cccc1CN. The number of ether oxygens (including phenoxy) is 1. The Labute approximate surface area is 119 Å². The monoisotopic (exact) mass is 329 g/mol. The highest BCUT2D eigenvalue weighted by Gasteiger charge is 2.19. The summed E-state index contributed by atoms with van der Waals surface area (Å²) in [6.07, 6.45) is -0.818. The summed E-state index contributed by atoms with van der Waals surface area (Å²) in [5, 5.41) is 4.44. The molecule has 7 heteroatoms. The number of carbonyl (C=O) groups excluding carboxylic acids is 2. The van der Waals surface area contributed by atoms with Crippen LogP contribution in [0.4, 0.5) is 4.79 Å². The second-order valence-corrected chi connectivity index (χ2v) is 4.61. The van der Waals surface area contributed by atoms with Crippen LogP contribution in [0.25, 0.3) is 0 Å². The fraction of sp³-hybridized carbons (Fsp3) is 0.333. The molecule has 1 unspecified atom stereocenters. The summed E-state index contributed by atoms with van der Waals surface area (Å²) in [4.78, 5) is 22.7. The molecule has 0 aliphatic rings. The number of urea groups is 1. The first kappa shape index (κ1) is 15.5. The molecule has 0 aliphatic heterocycles. The number of carbonyl (C=O) groups is 2. The molecule has 104 valence electrons. The summed E-state index contributed by atoms with van der Waals surface area (Å²) in [5.41, 5.74) is 6.38. The van der Waals surface area contributed by atoms with Gasteiger partial charge in [-0.25, -0.2) is 4.79 Å². The quantitative estimate of drug-likeness (QED) is 0.771. The number of halogens is 1. The normalized spacial score (nSPS) is 11.6. The van der Waals surface area contributed by atoms with Crippen LogP contribution in [0.3, 0.4) is 0 Å². The van der Waals surface area contributed by atoms with Crippen LogP contribution < -0.4 is 21.1 Å². The van der Waals surface area contributed by atoms with Gasteiger partial charge in [0.05, 0.1) is 4.47 Å². The number of amides is 3. The van der Waals surface area contributed by atoms with Gasteiger partial charge < -0.3 is 15.8 Å². The minimum Gasteiger partial charge on any atom is -0.479 e. The van der Waals surface area contributed by atoms with Crippen molar-refractivity contribution in [2.45, 2.75) is 19.6 Å². The summed E-state index contributed by atoms with van der Waals surface area (Å²) in [6.45, 7) is 1.84. The van der Waals surface area contributed by atoms with Crippen LogP contribution in [-0.4, -0.2) is 25.1 Å². The molecule has 0 saturated heterocycles. The molecular weight excluding hydrogens is 314 g/mol. The molecule has 6 nitrogen and oxygen atoms in total.